The van der Waals surface area contributed by atoms with E-state index in [2.05, 4.69) is 21.4 Å². The molecule has 3 amide bonds. The predicted molar refractivity (Wildman–Crippen MR) is 129 cm³/mol. The van der Waals surface area contributed by atoms with Gasteiger partial charge in [0.05, 0.1) is 23.9 Å². The molecule has 3 N–H and O–H groups in total. The number of halogens is 3. The molecule has 0 fully saturated rings. The number of nitrogens with one attached hydrogen (secondary N) is 3. The van der Waals surface area contributed by atoms with Gasteiger partial charge in [-0.3, -0.25) is 34.8 Å². The van der Waals surface area contributed by atoms with Gasteiger partial charge >= 0.3 is 6.18 Å². The number of aromatic nitrogens is 2. The molecule has 0 saturated heterocycles. The zero-order chi connectivity index (χ0) is 28.1. The van der Waals surface area contributed by atoms with Crippen LogP contribution in [0.15, 0.2) is 54.7 Å². The third-order valence-electron chi connectivity index (χ3n) is 4.95. The predicted octanol–water partition coefficient (Wildman–Crippen LogP) is 4.09. The van der Waals surface area contributed by atoms with Gasteiger partial charge in [0.1, 0.15) is 5.75 Å². The Morgan fingerprint density at radius 1 is 0.974 bits per heavy atom. The van der Waals surface area contributed by atoms with Gasteiger partial charge in [-0.15, -0.1) is 0 Å². The van der Waals surface area contributed by atoms with Crippen molar-refractivity contribution in [1.82, 2.24) is 26.1 Å². The molecule has 38 heavy (non-hydrogen) atoms. The van der Waals surface area contributed by atoms with Gasteiger partial charge in [0, 0.05) is 12.5 Å². The topological polar surface area (TPSA) is 124 Å². The van der Waals surface area contributed by atoms with Crippen molar-refractivity contribution in [2.45, 2.75) is 46.0 Å². The summed E-state index contributed by atoms with van der Waals surface area (Å²) in [5.74, 6) is -1.84. The van der Waals surface area contributed by atoms with Crippen LogP contribution in [0.2, 0.25) is 0 Å². The Bertz CT molecular complexity index is 1310. The van der Waals surface area contributed by atoms with Crippen LogP contribution >= 0.6 is 0 Å². The van der Waals surface area contributed by atoms with E-state index in [4.69, 9.17) is 9.57 Å². The van der Waals surface area contributed by atoms with Crippen molar-refractivity contribution in [3.63, 3.8) is 0 Å². The fourth-order valence-corrected chi connectivity index (χ4v) is 3.19. The van der Waals surface area contributed by atoms with Crippen molar-refractivity contribution < 1.29 is 37.1 Å². The van der Waals surface area contributed by atoms with Gasteiger partial charge < -0.3 is 4.74 Å². The maximum atomic E-state index is 13.1. The maximum absolute atomic E-state index is 13.1. The summed E-state index contributed by atoms with van der Waals surface area (Å²) in [6, 6.07) is 10.5. The number of hydrogen-bond acceptors (Lipinski definition) is 6. The molecule has 1 heterocycles. The molecule has 0 aliphatic heterocycles. The fourth-order valence-electron chi connectivity index (χ4n) is 3.19. The van der Waals surface area contributed by atoms with Gasteiger partial charge in [-0.25, -0.2) is 5.48 Å². The van der Waals surface area contributed by atoms with Crippen LogP contribution in [0.1, 0.15) is 59.7 Å². The van der Waals surface area contributed by atoms with E-state index in [0.29, 0.717) is 5.56 Å². The summed E-state index contributed by atoms with van der Waals surface area (Å²) in [5, 5.41) is 4.18. The summed E-state index contributed by atoms with van der Waals surface area (Å²) in [6.07, 6.45) is -3.32. The van der Waals surface area contributed by atoms with E-state index in [1.807, 2.05) is 0 Å². The summed E-state index contributed by atoms with van der Waals surface area (Å²) in [5.41, 5.74) is 6.00. The molecular formula is C25H26F3N5O5. The van der Waals surface area contributed by atoms with Crippen LogP contribution in [0.25, 0.3) is 0 Å². The molecule has 0 bridgehead atoms. The van der Waals surface area contributed by atoms with Crippen molar-refractivity contribution in [3.8, 4) is 11.5 Å². The van der Waals surface area contributed by atoms with Gasteiger partial charge in [-0.1, -0.05) is 18.2 Å². The first-order valence-electron chi connectivity index (χ1n) is 11.3. The molecular weight excluding hydrogens is 507 g/mol. The minimum atomic E-state index is -4.56. The van der Waals surface area contributed by atoms with E-state index in [1.54, 1.807) is 32.9 Å². The highest BCUT2D eigenvalue weighted by Crippen LogP contribution is 2.34. The largest absolute Gasteiger partial charge is 0.453 e. The molecule has 13 heteroatoms. The first-order chi connectivity index (χ1) is 17.8. The van der Waals surface area contributed by atoms with E-state index < -0.39 is 35.0 Å². The van der Waals surface area contributed by atoms with Crippen LogP contribution in [0, 0.1) is 0 Å². The number of benzene rings is 2. The lowest BCUT2D eigenvalue weighted by atomic mass is 10.1. The zero-order valence-electron chi connectivity index (χ0n) is 21.0. The minimum absolute atomic E-state index is 0.0556. The number of alkyl halides is 3. The molecule has 2 aromatic carbocycles. The highest BCUT2D eigenvalue weighted by molar-refractivity contribution is 5.95. The SMILES string of the molecule is CC(=O)NNC(=O)c1ccc(CONC(=O)c2c(Oc3cccc(C(F)(F)F)c3)cnn2C(C)(C)C)cc1. The average Bonchev–Trinajstić information content (AvgIpc) is 3.27. The lowest BCUT2D eigenvalue weighted by Gasteiger charge is -2.22. The van der Waals surface area contributed by atoms with E-state index in [9.17, 15) is 27.6 Å². The van der Waals surface area contributed by atoms with E-state index in [0.717, 1.165) is 12.1 Å². The highest BCUT2D eigenvalue weighted by atomic mass is 19.4. The van der Waals surface area contributed by atoms with E-state index in [-0.39, 0.29) is 29.4 Å². The molecule has 0 radical (unpaired) electrons. The number of carbonyl (C=O) groups excluding carboxylic acids is 3. The summed E-state index contributed by atoms with van der Waals surface area (Å²) in [4.78, 5) is 41.2. The van der Waals surface area contributed by atoms with Gasteiger partial charge in [0.15, 0.2) is 11.4 Å². The number of nitrogens with zero attached hydrogens (tertiary/aromatic N) is 2. The Morgan fingerprint density at radius 3 is 2.26 bits per heavy atom. The molecule has 3 aromatic rings. The van der Waals surface area contributed by atoms with Crippen LogP contribution in [0.3, 0.4) is 0 Å². The number of carbonyl (C=O) groups is 3. The normalized spacial score (nSPS) is 11.6. The molecule has 202 valence electrons. The average molecular weight is 534 g/mol. The van der Waals surface area contributed by atoms with Crippen LogP contribution in [0.5, 0.6) is 11.5 Å². The molecule has 10 nitrogen and oxygen atoms in total. The maximum Gasteiger partial charge on any atom is 0.416 e. The van der Waals surface area contributed by atoms with Gasteiger partial charge in [-0.05, 0) is 56.7 Å². The van der Waals surface area contributed by atoms with Crippen molar-refractivity contribution >= 4 is 17.7 Å². The Balaban J connectivity index is 1.70. The molecule has 0 saturated carbocycles. The van der Waals surface area contributed by atoms with Crippen molar-refractivity contribution in [3.05, 3.63) is 77.1 Å². The molecule has 3 rings (SSSR count). The quantitative estimate of drug-likeness (QED) is 0.393. The highest BCUT2D eigenvalue weighted by Gasteiger charge is 2.31. The number of ether oxygens (including phenoxy) is 1. The Morgan fingerprint density at radius 2 is 1.66 bits per heavy atom. The molecule has 1 aromatic heterocycles. The lowest BCUT2D eigenvalue weighted by Crippen LogP contribution is -2.40. The third kappa shape index (κ3) is 7.32. The van der Waals surface area contributed by atoms with E-state index >= 15 is 0 Å². The van der Waals surface area contributed by atoms with Gasteiger partial charge in [-0.2, -0.15) is 18.3 Å². The second kappa shape index (κ2) is 11.3. The van der Waals surface area contributed by atoms with Gasteiger partial charge in [0.2, 0.25) is 5.91 Å². The molecule has 0 aliphatic rings. The standard InChI is InChI=1S/C25H26F3N5O5/c1-15(34)30-31-22(35)17-10-8-16(9-11-17)14-37-32-23(36)21-20(13-29-33(21)24(2,3)4)38-19-7-5-6-18(12-19)25(26,27)28/h5-13H,14H2,1-4H3,(H,30,34)(H,31,35)(H,32,36). The second-order valence-corrected chi connectivity index (χ2v) is 9.12. The number of hydrogen-bond donors (Lipinski definition) is 3. The summed E-state index contributed by atoms with van der Waals surface area (Å²) in [6.45, 7) is 6.55. The second-order valence-electron chi connectivity index (χ2n) is 9.12. The molecule has 0 unspecified atom stereocenters. The first-order valence-corrected chi connectivity index (χ1v) is 11.3. The Hall–Kier alpha value is -4.39. The monoisotopic (exact) mass is 533 g/mol. The molecule has 0 atom stereocenters. The number of amides is 3. The van der Waals surface area contributed by atoms with Crippen LogP contribution in [-0.4, -0.2) is 27.5 Å². The van der Waals surface area contributed by atoms with Crippen LogP contribution < -0.4 is 21.1 Å². The smallest absolute Gasteiger partial charge is 0.416 e. The van der Waals surface area contributed by atoms with E-state index in [1.165, 1.54) is 42.1 Å². The van der Waals surface area contributed by atoms with Crippen molar-refractivity contribution in [1.29, 1.82) is 0 Å². The van der Waals surface area contributed by atoms with Gasteiger partial charge in [0.25, 0.3) is 11.8 Å². The third-order valence-corrected chi connectivity index (χ3v) is 4.95. The number of hydrazine groups is 1. The molecule has 0 aliphatic carbocycles. The Kier molecular flexibility index (Phi) is 8.41. The van der Waals surface area contributed by atoms with Crippen molar-refractivity contribution in [2.24, 2.45) is 0 Å². The fraction of sp³-hybridized carbons (Fsp3) is 0.280. The summed E-state index contributed by atoms with van der Waals surface area (Å²) in [7, 11) is 0. The minimum Gasteiger partial charge on any atom is -0.453 e. The summed E-state index contributed by atoms with van der Waals surface area (Å²) < 4.78 is 46.3. The van der Waals surface area contributed by atoms with Crippen molar-refractivity contribution in [2.75, 3.05) is 0 Å². The summed E-state index contributed by atoms with van der Waals surface area (Å²) >= 11 is 0. The zero-order valence-corrected chi connectivity index (χ0v) is 21.0. The van der Waals surface area contributed by atoms with Crippen LogP contribution in [0.4, 0.5) is 13.2 Å². The Labute approximate surface area is 216 Å². The molecule has 0 spiro atoms. The number of rotatable bonds is 7. The lowest BCUT2D eigenvalue weighted by molar-refractivity contribution is -0.137. The number of hydroxylamine groups is 1. The first kappa shape index (κ1) is 28.2. The van der Waals surface area contributed by atoms with Crippen LogP contribution in [-0.2, 0) is 28.0 Å².